The average Bonchev–Trinajstić information content (AvgIpc) is 2.92. The van der Waals surface area contributed by atoms with Crippen LogP contribution in [0.1, 0.15) is 11.1 Å². The highest BCUT2D eigenvalue weighted by Crippen LogP contribution is 2.23. The van der Waals surface area contributed by atoms with Gasteiger partial charge in [-0.1, -0.05) is 39.7 Å². The Bertz CT molecular complexity index is 1070. The first-order valence-electron chi connectivity index (χ1n) is 7.36. The number of aromatic amines is 1. The Morgan fingerprint density at radius 2 is 2.08 bits per heavy atom. The van der Waals surface area contributed by atoms with Crippen molar-refractivity contribution in [2.24, 2.45) is 5.10 Å². The summed E-state index contributed by atoms with van der Waals surface area (Å²) in [5, 5.41) is 13.5. The number of aryl methyl sites for hydroxylation is 1. The third kappa shape index (κ3) is 2.85. The zero-order chi connectivity index (χ0) is 16.5. The lowest BCUT2D eigenvalue weighted by Crippen LogP contribution is -1.99. The molecule has 0 spiro atoms. The van der Waals surface area contributed by atoms with E-state index in [0.717, 1.165) is 26.5 Å². The number of rotatable bonds is 3. The van der Waals surface area contributed by atoms with Gasteiger partial charge in [-0.2, -0.15) is 10.1 Å². The number of fused-ring (bicyclic) bond motifs is 3. The first-order chi connectivity index (χ1) is 11.7. The van der Waals surface area contributed by atoms with Crippen molar-refractivity contribution >= 4 is 50.2 Å². The molecule has 2 N–H and O–H groups in total. The maximum atomic E-state index is 4.43. The molecule has 4 aromatic rings. The number of anilines is 1. The molecule has 0 atom stereocenters. The van der Waals surface area contributed by atoms with Gasteiger partial charge in [0.1, 0.15) is 5.52 Å². The van der Waals surface area contributed by atoms with Crippen molar-refractivity contribution in [1.29, 1.82) is 0 Å². The maximum Gasteiger partial charge on any atom is 0.265 e. The Hall–Kier alpha value is -2.80. The van der Waals surface area contributed by atoms with E-state index < -0.39 is 0 Å². The Labute approximate surface area is 146 Å². The third-order valence-corrected chi connectivity index (χ3v) is 4.09. The molecule has 6 nitrogen and oxygen atoms in total. The number of hydrazone groups is 1. The predicted octanol–water partition coefficient (Wildman–Crippen LogP) is 4.02. The van der Waals surface area contributed by atoms with Crippen LogP contribution in [0.4, 0.5) is 5.95 Å². The summed E-state index contributed by atoms with van der Waals surface area (Å²) in [7, 11) is 0. The number of nitrogens with zero attached hydrogens (tertiary/aromatic N) is 4. The molecule has 0 unspecified atom stereocenters. The molecule has 4 rings (SSSR count). The van der Waals surface area contributed by atoms with E-state index in [2.05, 4.69) is 52.7 Å². The van der Waals surface area contributed by atoms with Crippen LogP contribution in [0, 0.1) is 6.92 Å². The standard InChI is InChI=1S/C17H13BrN6/c1-10-5-6-14-13(7-10)15-16(20-14)21-17(24-22-15)23-19-9-11-3-2-4-12(18)8-11/h2-9H,1H3,(H2,20,21,23,24). The zero-order valence-corrected chi connectivity index (χ0v) is 14.4. The average molecular weight is 381 g/mol. The molecular formula is C17H13BrN6. The van der Waals surface area contributed by atoms with E-state index in [0.29, 0.717) is 11.6 Å². The van der Waals surface area contributed by atoms with Gasteiger partial charge in [0.05, 0.1) is 6.21 Å². The van der Waals surface area contributed by atoms with E-state index in [1.54, 1.807) is 6.21 Å². The minimum absolute atomic E-state index is 0.344. The molecule has 24 heavy (non-hydrogen) atoms. The molecule has 0 aliphatic carbocycles. The van der Waals surface area contributed by atoms with Crippen LogP contribution in [-0.2, 0) is 0 Å². The highest BCUT2D eigenvalue weighted by atomic mass is 79.9. The highest BCUT2D eigenvalue weighted by Gasteiger charge is 2.08. The minimum atomic E-state index is 0.344. The fourth-order valence-electron chi connectivity index (χ4n) is 2.48. The Kier molecular flexibility index (Phi) is 3.70. The van der Waals surface area contributed by atoms with Crippen LogP contribution in [0.2, 0.25) is 0 Å². The molecule has 0 saturated carbocycles. The van der Waals surface area contributed by atoms with Gasteiger partial charge in [0, 0.05) is 15.4 Å². The molecule has 2 aromatic carbocycles. The molecule has 0 aliphatic heterocycles. The van der Waals surface area contributed by atoms with Crippen molar-refractivity contribution in [2.75, 3.05) is 5.43 Å². The Balaban J connectivity index is 1.62. The van der Waals surface area contributed by atoms with E-state index in [1.807, 2.05) is 43.3 Å². The summed E-state index contributed by atoms with van der Waals surface area (Å²) < 4.78 is 0.999. The number of hydrogen-bond acceptors (Lipinski definition) is 5. The van der Waals surface area contributed by atoms with E-state index >= 15 is 0 Å². The molecule has 0 fully saturated rings. The zero-order valence-electron chi connectivity index (χ0n) is 12.8. The second kappa shape index (κ2) is 6.01. The van der Waals surface area contributed by atoms with Crippen molar-refractivity contribution < 1.29 is 0 Å². The summed E-state index contributed by atoms with van der Waals surface area (Å²) in [4.78, 5) is 7.68. The molecule has 118 valence electrons. The first kappa shape index (κ1) is 14.8. The largest absolute Gasteiger partial charge is 0.338 e. The second-order valence-corrected chi connectivity index (χ2v) is 6.35. The minimum Gasteiger partial charge on any atom is -0.338 e. The normalized spacial score (nSPS) is 11.6. The van der Waals surface area contributed by atoms with Crippen molar-refractivity contribution in [3.05, 3.63) is 58.1 Å². The number of aromatic nitrogens is 4. The number of nitrogens with one attached hydrogen (secondary N) is 2. The SMILES string of the molecule is Cc1ccc2[nH]c3nc(NN=Cc4cccc(Br)c4)nnc3c2c1. The summed E-state index contributed by atoms with van der Waals surface area (Å²) in [5.74, 6) is 0.344. The van der Waals surface area contributed by atoms with Crippen LogP contribution in [0.25, 0.3) is 22.1 Å². The fraction of sp³-hybridized carbons (Fsp3) is 0.0588. The lowest BCUT2D eigenvalue weighted by Gasteiger charge is -1.98. The lowest BCUT2D eigenvalue weighted by molar-refractivity contribution is 1.01. The number of halogens is 1. The van der Waals surface area contributed by atoms with Gasteiger partial charge in [-0.05, 0) is 36.8 Å². The highest BCUT2D eigenvalue weighted by molar-refractivity contribution is 9.10. The van der Waals surface area contributed by atoms with E-state index in [4.69, 9.17) is 0 Å². The Morgan fingerprint density at radius 1 is 1.17 bits per heavy atom. The predicted molar refractivity (Wildman–Crippen MR) is 99.3 cm³/mol. The first-order valence-corrected chi connectivity index (χ1v) is 8.16. The quantitative estimate of drug-likeness (QED) is 0.415. The lowest BCUT2D eigenvalue weighted by atomic mass is 10.2. The van der Waals surface area contributed by atoms with Crippen LogP contribution in [-0.4, -0.2) is 26.4 Å². The second-order valence-electron chi connectivity index (χ2n) is 5.43. The molecule has 0 radical (unpaired) electrons. The smallest absolute Gasteiger partial charge is 0.265 e. The Morgan fingerprint density at radius 3 is 2.96 bits per heavy atom. The van der Waals surface area contributed by atoms with Crippen LogP contribution >= 0.6 is 15.9 Å². The number of benzene rings is 2. The summed E-state index contributed by atoms with van der Waals surface area (Å²) in [6.45, 7) is 2.05. The topological polar surface area (TPSA) is 78.9 Å². The third-order valence-electron chi connectivity index (χ3n) is 3.60. The molecular weight excluding hydrogens is 368 g/mol. The molecule has 0 aliphatic rings. The summed E-state index contributed by atoms with van der Waals surface area (Å²) >= 11 is 3.43. The van der Waals surface area contributed by atoms with Crippen LogP contribution < -0.4 is 5.43 Å². The number of H-pyrrole nitrogens is 1. The van der Waals surface area contributed by atoms with Crippen LogP contribution in [0.5, 0.6) is 0 Å². The molecule has 0 saturated heterocycles. The van der Waals surface area contributed by atoms with E-state index in [-0.39, 0.29) is 0 Å². The van der Waals surface area contributed by atoms with E-state index in [1.165, 1.54) is 5.56 Å². The maximum absolute atomic E-state index is 4.43. The molecule has 2 aromatic heterocycles. The molecule has 0 amide bonds. The monoisotopic (exact) mass is 380 g/mol. The molecule has 0 bridgehead atoms. The molecule has 2 heterocycles. The van der Waals surface area contributed by atoms with Gasteiger partial charge in [0.15, 0.2) is 5.65 Å². The van der Waals surface area contributed by atoms with Gasteiger partial charge in [-0.25, -0.2) is 5.43 Å². The van der Waals surface area contributed by atoms with Crippen molar-refractivity contribution in [3.8, 4) is 0 Å². The summed E-state index contributed by atoms with van der Waals surface area (Å²) in [6.07, 6.45) is 1.70. The van der Waals surface area contributed by atoms with Gasteiger partial charge in [-0.15, -0.1) is 10.2 Å². The van der Waals surface area contributed by atoms with Crippen molar-refractivity contribution in [3.63, 3.8) is 0 Å². The molecule has 7 heteroatoms. The van der Waals surface area contributed by atoms with Gasteiger partial charge in [-0.3, -0.25) is 0 Å². The van der Waals surface area contributed by atoms with Gasteiger partial charge >= 0.3 is 0 Å². The number of hydrogen-bond donors (Lipinski definition) is 2. The van der Waals surface area contributed by atoms with E-state index in [9.17, 15) is 0 Å². The van der Waals surface area contributed by atoms with Crippen molar-refractivity contribution in [2.45, 2.75) is 6.92 Å². The van der Waals surface area contributed by atoms with Gasteiger partial charge in [0.25, 0.3) is 5.95 Å². The summed E-state index contributed by atoms with van der Waals surface area (Å²) in [5.41, 5.74) is 7.39. The van der Waals surface area contributed by atoms with Gasteiger partial charge < -0.3 is 4.98 Å². The van der Waals surface area contributed by atoms with Crippen LogP contribution in [0.15, 0.2) is 52.0 Å². The van der Waals surface area contributed by atoms with Crippen LogP contribution in [0.3, 0.4) is 0 Å². The summed E-state index contributed by atoms with van der Waals surface area (Å²) in [6, 6.07) is 14.0. The van der Waals surface area contributed by atoms with Crippen molar-refractivity contribution in [1.82, 2.24) is 20.2 Å². The van der Waals surface area contributed by atoms with Gasteiger partial charge in [0.2, 0.25) is 0 Å². The fourth-order valence-corrected chi connectivity index (χ4v) is 2.90.